The van der Waals surface area contributed by atoms with Gasteiger partial charge in [-0.2, -0.15) is 0 Å². The van der Waals surface area contributed by atoms with Gasteiger partial charge in [0.25, 0.3) is 0 Å². The molecule has 1 aromatic rings. The lowest BCUT2D eigenvalue weighted by molar-refractivity contribution is 0.607. The summed E-state index contributed by atoms with van der Waals surface area (Å²) in [5.74, 6) is 4.86. The average Bonchev–Trinajstić information content (AvgIpc) is 2.20. The molecule has 0 unspecified atom stereocenters. The lowest BCUT2D eigenvalue weighted by Gasteiger charge is -2.06. The van der Waals surface area contributed by atoms with Crippen LogP contribution in [0.15, 0.2) is 24.3 Å². The summed E-state index contributed by atoms with van der Waals surface area (Å²) in [4.78, 5) is 0. The zero-order valence-corrected chi connectivity index (χ0v) is 8.40. The zero-order valence-electron chi connectivity index (χ0n) is 7.59. The van der Waals surface area contributed by atoms with E-state index < -0.39 is 0 Å². The predicted octanol–water partition coefficient (Wildman–Crippen LogP) is 0.706. The van der Waals surface area contributed by atoms with E-state index in [0.29, 0.717) is 23.6 Å². The van der Waals surface area contributed by atoms with Crippen LogP contribution in [0.5, 0.6) is 0 Å². The second-order valence-electron chi connectivity index (χ2n) is 2.74. The zero-order chi connectivity index (χ0) is 10.4. The molecule has 0 aliphatic carbocycles. The molecule has 1 aromatic carbocycles. The Labute approximate surface area is 87.5 Å². The summed E-state index contributed by atoms with van der Waals surface area (Å²) in [7, 11) is 0. The van der Waals surface area contributed by atoms with Gasteiger partial charge in [-0.15, -0.1) is 0 Å². The topological polar surface area (TPSA) is 50.1 Å². The molecule has 0 saturated carbocycles. The van der Waals surface area contributed by atoms with E-state index in [1.54, 1.807) is 18.2 Å². The fourth-order valence-corrected chi connectivity index (χ4v) is 1.16. The van der Waals surface area contributed by atoms with E-state index in [2.05, 4.69) is 10.7 Å². The van der Waals surface area contributed by atoms with Crippen molar-refractivity contribution in [2.75, 3.05) is 6.54 Å². The van der Waals surface area contributed by atoms with Crippen molar-refractivity contribution in [2.45, 2.75) is 6.42 Å². The van der Waals surface area contributed by atoms with Crippen molar-refractivity contribution in [1.82, 2.24) is 10.7 Å². The van der Waals surface area contributed by atoms with Gasteiger partial charge in [-0.1, -0.05) is 18.2 Å². The first-order valence-electron chi connectivity index (χ1n) is 4.22. The summed E-state index contributed by atoms with van der Waals surface area (Å²) in [6, 6.07) is 6.65. The van der Waals surface area contributed by atoms with Gasteiger partial charge in [0.2, 0.25) is 0 Å². The molecule has 0 fully saturated rings. The monoisotopic (exact) mass is 213 g/mol. The summed E-state index contributed by atoms with van der Waals surface area (Å²) < 4.78 is 13.1. The van der Waals surface area contributed by atoms with Crippen LogP contribution in [0.2, 0.25) is 0 Å². The van der Waals surface area contributed by atoms with Gasteiger partial charge >= 0.3 is 0 Å². The minimum Gasteiger partial charge on any atom is -0.361 e. The number of benzene rings is 1. The summed E-state index contributed by atoms with van der Waals surface area (Å²) in [5.41, 5.74) is 2.96. The maximum absolute atomic E-state index is 13.1. The van der Waals surface area contributed by atoms with E-state index in [0.717, 1.165) is 0 Å². The van der Waals surface area contributed by atoms with E-state index in [9.17, 15) is 4.39 Å². The van der Waals surface area contributed by atoms with Crippen LogP contribution in [0, 0.1) is 5.82 Å². The Hall–Kier alpha value is -1.20. The van der Waals surface area contributed by atoms with Crippen LogP contribution in [-0.4, -0.2) is 11.7 Å². The fraction of sp³-hybridized carbons (Fsp3) is 0.222. The molecule has 5 heteroatoms. The Morgan fingerprint density at radius 3 is 2.79 bits per heavy atom. The van der Waals surface area contributed by atoms with Gasteiger partial charge in [0, 0.05) is 6.54 Å². The second kappa shape index (κ2) is 5.51. The van der Waals surface area contributed by atoms with Gasteiger partial charge in [-0.25, -0.2) is 10.2 Å². The SMILES string of the molecule is NNC(=S)NCCc1ccccc1F. The normalized spacial score (nSPS) is 9.57. The Morgan fingerprint density at radius 1 is 1.43 bits per heavy atom. The highest BCUT2D eigenvalue weighted by molar-refractivity contribution is 7.80. The first kappa shape index (κ1) is 10.9. The number of thiocarbonyl (C=S) groups is 1. The van der Waals surface area contributed by atoms with Crippen molar-refractivity contribution in [2.24, 2.45) is 5.84 Å². The molecule has 0 aliphatic rings. The molecule has 3 nitrogen and oxygen atoms in total. The van der Waals surface area contributed by atoms with Crippen molar-refractivity contribution in [3.8, 4) is 0 Å². The number of nitrogens with one attached hydrogen (secondary N) is 2. The maximum Gasteiger partial charge on any atom is 0.180 e. The summed E-state index contributed by atoms with van der Waals surface area (Å²) in [6.45, 7) is 0.559. The summed E-state index contributed by atoms with van der Waals surface area (Å²) >= 11 is 4.76. The van der Waals surface area contributed by atoms with Gasteiger partial charge in [0.1, 0.15) is 5.82 Å². The molecule has 14 heavy (non-hydrogen) atoms. The number of nitrogens with two attached hydrogens (primary N) is 1. The molecule has 0 amide bonds. The minimum atomic E-state index is -0.194. The third kappa shape index (κ3) is 3.27. The molecule has 1 rings (SSSR count). The average molecular weight is 213 g/mol. The molecule has 0 aliphatic heterocycles. The highest BCUT2D eigenvalue weighted by Crippen LogP contribution is 2.05. The van der Waals surface area contributed by atoms with Gasteiger partial charge < -0.3 is 10.7 Å². The molecule has 0 heterocycles. The van der Waals surface area contributed by atoms with Crippen LogP contribution < -0.4 is 16.6 Å². The second-order valence-corrected chi connectivity index (χ2v) is 3.15. The Bertz CT molecular complexity index is 317. The summed E-state index contributed by atoms with van der Waals surface area (Å²) in [5, 5.41) is 3.20. The highest BCUT2D eigenvalue weighted by atomic mass is 32.1. The highest BCUT2D eigenvalue weighted by Gasteiger charge is 1.99. The summed E-state index contributed by atoms with van der Waals surface area (Å²) in [6.07, 6.45) is 0.578. The van der Waals surface area contributed by atoms with Crippen LogP contribution in [0.4, 0.5) is 4.39 Å². The van der Waals surface area contributed by atoms with E-state index in [1.807, 2.05) is 0 Å². The molecular weight excluding hydrogens is 201 g/mol. The van der Waals surface area contributed by atoms with Crippen molar-refractivity contribution >= 4 is 17.3 Å². The van der Waals surface area contributed by atoms with Crippen LogP contribution >= 0.6 is 12.2 Å². The molecule has 0 bridgehead atoms. The van der Waals surface area contributed by atoms with E-state index in [-0.39, 0.29) is 5.82 Å². The van der Waals surface area contributed by atoms with Crippen LogP contribution in [0.1, 0.15) is 5.56 Å². The molecular formula is C9H12FN3S. The van der Waals surface area contributed by atoms with Crippen LogP contribution in [0.25, 0.3) is 0 Å². The number of hydrogen-bond donors (Lipinski definition) is 3. The lowest BCUT2D eigenvalue weighted by atomic mass is 10.1. The molecule has 0 atom stereocenters. The van der Waals surface area contributed by atoms with Crippen molar-refractivity contribution in [1.29, 1.82) is 0 Å². The standard InChI is InChI=1S/C9H12FN3S/c10-8-4-2-1-3-7(8)5-6-12-9(14)13-11/h1-4H,5-6,11H2,(H2,12,13,14). The molecule has 76 valence electrons. The quantitative estimate of drug-likeness (QED) is 0.393. The lowest BCUT2D eigenvalue weighted by Crippen LogP contribution is -2.40. The Balaban J connectivity index is 2.39. The van der Waals surface area contributed by atoms with Crippen molar-refractivity contribution < 1.29 is 4.39 Å². The third-order valence-corrected chi connectivity index (χ3v) is 2.03. The van der Waals surface area contributed by atoms with E-state index >= 15 is 0 Å². The van der Waals surface area contributed by atoms with Crippen molar-refractivity contribution in [3.63, 3.8) is 0 Å². The first-order chi connectivity index (χ1) is 6.74. The fourth-order valence-electron chi connectivity index (χ4n) is 1.06. The number of halogens is 1. The van der Waals surface area contributed by atoms with Crippen LogP contribution in [0.3, 0.4) is 0 Å². The number of hydrazine groups is 1. The first-order valence-corrected chi connectivity index (χ1v) is 4.62. The van der Waals surface area contributed by atoms with E-state index in [4.69, 9.17) is 18.1 Å². The minimum absolute atomic E-state index is 0.194. The molecule has 0 aromatic heterocycles. The van der Waals surface area contributed by atoms with E-state index in [1.165, 1.54) is 6.07 Å². The Kier molecular flexibility index (Phi) is 4.28. The molecule has 0 saturated heterocycles. The maximum atomic E-state index is 13.1. The number of hydrogen-bond acceptors (Lipinski definition) is 2. The van der Waals surface area contributed by atoms with Gasteiger partial charge in [-0.05, 0) is 30.3 Å². The third-order valence-electron chi connectivity index (χ3n) is 1.77. The molecule has 4 N–H and O–H groups in total. The molecule has 0 radical (unpaired) electrons. The van der Waals surface area contributed by atoms with Gasteiger partial charge in [0.05, 0.1) is 0 Å². The van der Waals surface area contributed by atoms with Gasteiger partial charge in [0.15, 0.2) is 5.11 Å². The van der Waals surface area contributed by atoms with Crippen molar-refractivity contribution in [3.05, 3.63) is 35.6 Å². The predicted molar refractivity (Wildman–Crippen MR) is 58.0 cm³/mol. The number of rotatable bonds is 3. The smallest absolute Gasteiger partial charge is 0.180 e. The molecule has 0 spiro atoms. The largest absolute Gasteiger partial charge is 0.361 e. The van der Waals surface area contributed by atoms with Crippen LogP contribution in [-0.2, 0) is 6.42 Å². The Morgan fingerprint density at radius 2 is 2.14 bits per heavy atom. The van der Waals surface area contributed by atoms with Gasteiger partial charge in [-0.3, -0.25) is 0 Å².